The van der Waals surface area contributed by atoms with Crippen LogP contribution in [0.3, 0.4) is 0 Å². The molecule has 1 atom stereocenters. The van der Waals surface area contributed by atoms with Gasteiger partial charge in [0.1, 0.15) is 0 Å². The Bertz CT molecular complexity index is 439. The zero-order valence-electron chi connectivity index (χ0n) is 9.17. The van der Waals surface area contributed by atoms with E-state index in [9.17, 15) is 5.11 Å². The molecule has 0 amide bonds. The van der Waals surface area contributed by atoms with Crippen molar-refractivity contribution in [3.05, 3.63) is 48.3 Å². The van der Waals surface area contributed by atoms with Crippen LogP contribution in [0.5, 0.6) is 0 Å². The molecule has 1 unspecified atom stereocenters. The lowest BCUT2D eigenvalue weighted by Crippen LogP contribution is -2.17. The normalized spacial score (nSPS) is 12.4. The Morgan fingerprint density at radius 2 is 2.12 bits per heavy atom. The van der Waals surface area contributed by atoms with E-state index in [1.165, 1.54) is 0 Å². The molecular formula is C12H15N3O. The van der Waals surface area contributed by atoms with Crippen LogP contribution in [0.1, 0.15) is 11.6 Å². The average molecular weight is 217 g/mol. The number of anilines is 1. The van der Waals surface area contributed by atoms with Crippen LogP contribution >= 0.6 is 0 Å². The van der Waals surface area contributed by atoms with E-state index in [0.29, 0.717) is 0 Å². The Hall–Kier alpha value is -1.81. The van der Waals surface area contributed by atoms with E-state index in [2.05, 4.69) is 10.3 Å². The molecule has 0 saturated carbocycles. The number of nitrogens with zero attached hydrogens (tertiary/aromatic N) is 2. The van der Waals surface area contributed by atoms with E-state index in [-0.39, 0.29) is 12.6 Å². The second-order valence-corrected chi connectivity index (χ2v) is 3.65. The number of aromatic nitrogens is 2. The highest BCUT2D eigenvalue weighted by atomic mass is 16.3. The summed E-state index contributed by atoms with van der Waals surface area (Å²) >= 11 is 0. The lowest BCUT2D eigenvalue weighted by Gasteiger charge is -2.17. The molecule has 2 N–H and O–H groups in total. The predicted molar refractivity (Wildman–Crippen MR) is 63.1 cm³/mol. The summed E-state index contributed by atoms with van der Waals surface area (Å²) in [6.45, 7) is 0.0386. The molecule has 0 aliphatic heterocycles. The van der Waals surface area contributed by atoms with Crippen LogP contribution in [0.25, 0.3) is 0 Å². The van der Waals surface area contributed by atoms with Gasteiger partial charge < -0.3 is 15.0 Å². The summed E-state index contributed by atoms with van der Waals surface area (Å²) in [5.74, 6) is 0.753. The minimum Gasteiger partial charge on any atom is -0.394 e. The van der Waals surface area contributed by atoms with Gasteiger partial charge in [-0.15, -0.1) is 0 Å². The summed E-state index contributed by atoms with van der Waals surface area (Å²) in [5.41, 5.74) is 1.05. The number of hydrogen-bond donors (Lipinski definition) is 2. The maximum absolute atomic E-state index is 9.37. The zero-order valence-corrected chi connectivity index (χ0v) is 9.17. The van der Waals surface area contributed by atoms with Gasteiger partial charge in [0.15, 0.2) is 0 Å². The van der Waals surface area contributed by atoms with Crippen molar-refractivity contribution in [2.24, 2.45) is 7.05 Å². The molecule has 1 aromatic carbocycles. The van der Waals surface area contributed by atoms with Crippen molar-refractivity contribution in [1.82, 2.24) is 9.55 Å². The Labute approximate surface area is 94.6 Å². The Morgan fingerprint density at radius 3 is 2.69 bits per heavy atom. The molecule has 0 radical (unpaired) electrons. The van der Waals surface area contributed by atoms with Gasteiger partial charge in [-0.1, -0.05) is 30.3 Å². The number of imidazole rings is 1. The highest BCUT2D eigenvalue weighted by Gasteiger charge is 2.11. The van der Waals surface area contributed by atoms with Crippen LogP contribution in [0.4, 0.5) is 5.95 Å². The van der Waals surface area contributed by atoms with Crippen molar-refractivity contribution in [1.29, 1.82) is 0 Å². The van der Waals surface area contributed by atoms with Crippen LogP contribution in [-0.2, 0) is 7.05 Å². The van der Waals surface area contributed by atoms with Gasteiger partial charge in [-0.2, -0.15) is 0 Å². The smallest absolute Gasteiger partial charge is 0.203 e. The van der Waals surface area contributed by atoms with Gasteiger partial charge in [0.2, 0.25) is 5.95 Å². The fourth-order valence-corrected chi connectivity index (χ4v) is 1.58. The molecule has 0 aliphatic carbocycles. The van der Waals surface area contributed by atoms with Gasteiger partial charge in [0.25, 0.3) is 0 Å². The minimum atomic E-state index is -0.123. The third-order valence-corrected chi connectivity index (χ3v) is 2.51. The van der Waals surface area contributed by atoms with Gasteiger partial charge in [-0.3, -0.25) is 0 Å². The molecule has 0 spiro atoms. The number of benzene rings is 1. The van der Waals surface area contributed by atoms with E-state index >= 15 is 0 Å². The highest BCUT2D eigenvalue weighted by molar-refractivity contribution is 5.32. The SMILES string of the molecule is Cn1ccnc1NC(CO)c1ccccc1. The first-order chi connectivity index (χ1) is 7.81. The standard InChI is InChI=1S/C12H15N3O/c1-15-8-7-13-12(15)14-11(9-16)10-5-3-2-4-6-10/h2-8,11,16H,9H2,1H3,(H,13,14). The fourth-order valence-electron chi connectivity index (χ4n) is 1.58. The molecule has 1 aromatic heterocycles. The largest absolute Gasteiger partial charge is 0.394 e. The molecule has 0 bridgehead atoms. The maximum Gasteiger partial charge on any atom is 0.203 e. The number of nitrogens with one attached hydrogen (secondary N) is 1. The van der Waals surface area contributed by atoms with Crippen LogP contribution < -0.4 is 5.32 Å². The first-order valence-corrected chi connectivity index (χ1v) is 5.21. The van der Waals surface area contributed by atoms with E-state index in [1.54, 1.807) is 6.20 Å². The van der Waals surface area contributed by atoms with Gasteiger partial charge in [0, 0.05) is 19.4 Å². The van der Waals surface area contributed by atoms with Crippen molar-refractivity contribution in [3.63, 3.8) is 0 Å². The monoisotopic (exact) mass is 217 g/mol. The maximum atomic E-state index is 9.37. The van der Waals surface area contributed by atoms with Crippen LogP contribution in [0.2, 0.25) is 0 Å². The lowest BCUT2D eigenvalue weighted by molar-refractivity contribution is 0.275. The van der Waals surface area contributed by atoms with E-state index in [4.69, 9.17) is 0 Å². The first-order valence-electron chi connectivity index (χ1n) is 5.21. The molecule has 1 heterocycles. The van der Waals surface area contributed by atoms with Gasteiger partial charge in [0.05, 0.1) is 12.6 Å². The molecule has 0 fully saturated rings. The van der Waals surface area contributed by atoms with Crippen LogP contribution in [0, 0.1) is 0 Å². The van der Waals surface area contributed by atoms with E-state index < -0.39 is 0 Å². The van der Waals surface area contributed by atoms with Crippen molar-refractivity contribution >= 4 is 5.95 Å². The van der Waals surface area contributed by atoms with Crippen LogP contribution in [0.15, 0.2) is 42.7 Å². The molecule has 84 valence electrons. The Balaban J connectivity index is 2.16. The summed E-state index contributed by atoms with van der Waals surface area (Å²) in [6, 6.07) is 9.71. The summed E-state index contributed by atoms with van der Waals surface area (Å²) in [4.78, 5) is 4.17. The first kappa shape index (κ1) is 10.7. The molecule has 0 aliphatic rings. The summed E-state index contributed by atoms with van der Waals surface area (Å²) in [6.07, 6.45) is 3.59. The molecule has 0 saturated heterocycles. The zero-order chi connectivity index (χ0) is 11.4. The number of aryl methyl sites for hydroxylation is 1. The fraction of sp³-hybridized carbons (Fsp3) is 0.250. The Morgan fingerprint density at radius 1 is 1.38 bits per heavy atom. The number of rotatable bonds is 4. The summed E-state index contributed by atoms with van der Waals surface area (Å²) in [5, 5.41) is 12.6. The van der Waals surface area contributed by atoms with E-state index in [1.807, 2.05) is 48.1 Å². The van der Waals surface area contributed by atoms with Crippen molar-refractivity contribution in [2.45, 2.75) is 6.04 Å². The van der Waals surface area contributed by atoms with Crippen molar-refractivity contribution in [2.75, 3.05) is 11.9 Å². The second-order valence-electron chi connectivity index (χ2n) is 3.65. The van der Waals surface area contributed by atoms with Gasteiger partial charge >= 0.3 is 0 Å². The molecule has 2 rings (SSSR count). The summed E-state index contributed by atoms with van der Waals surface area (Å²) < 4.78 is 1.88. The molecule has 2 aromatic rings. The van der Waals surface area contributed by atoms with Gasteiger partial charge in [-0.05, 0) is 5.56 Å². The van der Waals surface area contributed by atoms with Gasteiger partial charge in [-0.25, -0.2) is 4.98 Å². The second kappa shape index (κ2) is 4.81. The van der Waals surface area contributed by atoms with Crippen molar-refractivity contribution in [3.8, 4) is 0 Å². The molecule has 16 heavy (non-hydrogen) atoms. The molecule has 4 nitrogen and oxygen atoms in total. The third-order valence-electron chi connectivity index (χ3n) is 2.51. The van der Waals surface area contributed by atoms with Crippen molar-refractivity contribution < 1.29 is 5.11 Å². The molecular weight excluding hydrogens is 202 g/mol. The number of hydrogen-bond acceptors (Lipinski definition) is 3. The number of aliphatic hydroxyl groups is 1. The predicted octanol–water partition coefficient (Wildman–Crippen LogP) is 1.57. The average Bonchev–Trinajstić information content (AvgIpc) is 2.73. The summed E-state index contributed by atoms with van der Waals surface area (Å²) in [7, 11) is 1.91. The quantitative estimate of drug-likeness (QED) is 0.817. The van der Waals surface area contributed by atoms with E-state index in [0.717, 1.165) is 11.5 Å². The van der Waals surface area contributed by atoms with Crippen LogP contribution in [-0.4, -0.2) is 21.3 Å². The Kier molecular flexibility index (Phi) is 3.22. The lowest BCUT2D eigenvalue weighted by atomic mass is 10.1. The highest BCUT2D eigenvalue weighted by Crippen LogP contribution is 2.17. The third kappa shape index (κ3) is 2.23. The number of aliphatic hydroxyl groups excluding tert-OH is 1. The topological polar surface area (TPSA) is 50.1 Å². The molecule has 4 heteroatoms. The minimum absolute atomic E-state index is 0.0386.